The molecule has 1 aromatic rings. The van der Waals surface area contributed by atoms with Gasteiger partial charge in [0.1, 0.15) is 5.82 Å². The van der Waals surface area contributed by atoms with E-state index >= 15 is 0 Å². The number of nitrogen functional groups attached to an aromatic ring is 1. The van der Waals surface area contributed by atoms with Crippen molar-refractivity contribution in [2.45, 2.75) is 20.0 Å². The lowest BCUT2D eigenvalue weighted by Crippen LogP contribution is -2.18. The molecule has 0 fully saturated rings. The van der Waals surface area contributed by atoms with Crippen molar-refractivity contribution >= 4 is 5.82 Å². The van der Waals surface area contributed by atoms with Crippen molar-refractivity contribution < 1.29 is 13.2 Å². The van der Waals surface area contributed by atoms with E-state index in [0.717, 1.165) is 0 Å². The predicted octanol–water partition coefficient (Wildman–Crippen LogP) is 1.40. The third-order valence-corrected chi connectivity index (χ3v) is 1.78. The molecule has 7 heteroatoms. The molecule has 0 saturated carbocycles. The Balaban J connectivity index is 3.30. The van der Waals surface area contributed by atoms with E-state index in [-0.39, 0.29) is 11.5 Å². The molecule has 0 radical (unpaired) electrons. The van der Waals surface area contributed by atoms with Crippen LogP contribution in [-0.4, -0.2) is 9.97 Å². The van der Waals surface area contributed by atoms with Gasteiger partial charge in [-0.05, 0) is 13.8 Å². The Morgan fingerprint density at radius 1 is 1.21 bits per heavy atom. The van der Waals surface area contributed by atoms with E-state index in [9.17, 15) is 13.2 Å². The predicted molar refractivity (Wildman–Crippen MR) is 44.3 cm³/mol. The van der Waals surface area contributed by atoms with Crippen LogP contribution in [0.15, 0.2) is 0 Å². The number of halogens is 3. The summed E-state index contributed by atoms with van der Waals surface area (Å²) in [7, 11) is 0. The molecule has 0 aliphatic rings. The average molecular weight is 206 g/mol. The molecule has 0 spiro atoms. The van der Waals surface area contributed by atoms with E-state index < -0.39 is 12.0 Å². The van der Waals surface area contributed by atoms with Crippen molar-refractivity contribution in [1.29, 1.82) is 0 Å². The van der Waals surface area contributed by atoms with E-state index in [1.807, 2.05) is 0 Å². The van der Waals surface area contributed by atoms with Crippen LogP contribution in [0.2, 0.25) is 0 Å². The van der Waals surface area contributed by atoms with E-state index in [4.69, 9.17) is 5.84 Å². The molecule has 0 aliphatic heterocycles. The van der Waals surface area contributed by atoms with Gasteiger partial charge in [-0.25, -0.2) is 15.8 Å². The fourth-order valence-electron chi connectivity index (χ4n) is 0.896. The first-order chi connectivity index (χ1) is 6.36. The molecule has 14 heavy (non-hydrogen) atoms. The number of nitrogens with one attached hydrogen (secondary N) is 1. The summed E-state index contributed by atoms with van der Waals surface area (Å²) in [4.78, 5) is 6.57. The number of aryl methyl sites for hydroxylation is 1. The second-order valence-corrected chi connectivity index (χ2v) is 2.75. The Morgan fingerprint density at radius 2 is 1.79 bits per heavy atom. The van der Waals surface area contributed by atoms with Gasteiger partial charge in [0, 0.05) is 11.3 Å². The quantitative estimate of drug-likeness (QED) is 0.538. The van der Waals surface area contributed by atoms with E-state index in [0.29, 0.717) is 5.56 Å². The largest absolute Gasteiger partial charge is 0.451 e. The summed E-state index contributed by atoms with van der Waals surface area (Å²) in [6.45, 7) is 3.05. The summed E-state index contributed by atoms with van der Waals surface area (Å²) in [6, 6.07) is 0. The average Bonchev–Trinajstić information content (AvgIpc) is 2.07. The molecule has 0 saturated heterocycles. The van der Waals surface area contributed by atoms with Crippen molar-refractivity contribution in [2.24, 2.45) is 5.84 Å². The van der Waals surface area contributed by atoms with Crippen LogP contribution in [0.5, 0.6) is 0 Å². The van der Waals surface area contributed by atoms with Crippen LogP contribution in [0.25, 0.3) is 0 Å². The van der Waals surface area contributed by atoms with Crippen molar-refractivity contribution in [3.05, 3.63) is 17.1 Å². The standard InChI is InChI=1S/C7H9F3N4/c1-3-4(2)12-6(7(8,9)10)13-5(3)14-11/h11H2,1-2H3,(H,12,13,14). The molecule has 3 N–H and O–H groups in total. The molecule has 1 heterocycles. The summed E-state index contributed by atoms with van der Waals surface area (Å²) in [6.07, 6.45) is -4.55. The number of anilines is 1. The zero-order valence-corrected chi connectivity index (χ0v) is 7.61. The maximum absolute atomic E-state index is 12.2. The molecule has 0 aliphatic carbocycles. The lowest BCUT2D eigenvalue weighted by atomic mass is 10.2. The topological polar surface area (TPSA) is 63.8 Å². The summed E-state index contributed by atoms with van der Waals surface area (Å²) < 4.78 is 36.7. The minimum absolute atomic E-state index is 0.00942. The fourth-order valence-corrected chi connectivity index (χ4v) is 0.896. The van der Waals surface area contributed by atoms with Crippen LogP contribution >= 0.6 is 0 Å². The first-order valence-corrected chi connectivity index (χ1v) is 3.75. The molecule has 0 amide bonds. The molecule has 0 bridgehead atoms. The van der Waals surface area contributed by atoms with Gasteiger partial charge < -0.3 is 5.43 Å². The van der Waals surface area contributed by atoms with Crippen LogP contribution in [0, 0.1) is 13.8 Å². The molecule has 1 aromatic heterocycles. The first kappa shape index (κ1) is 10.7. The Hall–Kier alpha value is -1.37. The van der Waals surface area contributed by atoms with Crippen molar-refractivity contribution in [2.75, 3.05) is 5.43 Å². The monoisotopic (exact) mass is 206 g/mol. The summed E-state index contributed by atoms with van der Waals surface area (Å²) >= 11 is 0. The van der Waals surface area contributed by atoms with Crippen LogP contribution < -0.4 is 11.3 Å². The molecule has 0 atom stereocenters. The third kappa shape index (κ3) is 1.92. The van der Waals surface area contributed by atoms with E-state index in [1.54, 1.807) is 6.92 Å². The Morgan fingerprint density at radius 3 is 2.21 bits per heavy atom. The van der Waals surface area contributed by atoms with Gasteiger partial charge >= 0.3 is 6.18 Å². The Labute approximate surface area is 78.3 Å². The maximum atomic E-state index is 12.2. The highest BCUT2D eigenvalue weighted by molar-refractivity contribution is 5.44. The van der Waals surface area contributed by atoms with Crippen LogP contribution in [0.3, 0.4) is 0 Å². The second kappa shape index (κ2) is 3.41. The number of alkyl halides is 3. The van der Waals surface area contributed by atoms with Gasteiger partial charge in [0.2, 0.25) is 5.82 Å². The van der Waals surface area contributed by atoms with Gasteiger partial charge in [0.25, 0.3) is 0 Å². The third-order valence-electron chi connectivity index (χ3n) is 1.78. The summed E-state index contributed by atoms with van der Waals surface area (Å²) in [5.41, 5.74) is 2.85. The zero-order chi connectivity index (χ0) is 10.9. The number of rotatable bonds is 1. The maximum Gasteiger partial charge on any atom is 0.451 e. The number of hydrogen-bond donors (Lipinski definition) is 2. The highest BCUT2D eigenvalue weighted by Crippen LogP contribution is 2.28. The van der Waals surface area contributed by atoms with Crippen molar-refractivity contribution in [1.82, 2.24) is 9.97 Å². The zero-order valence-electron chi connectivity index (χ0n) is 7.61. The Bertz CT molecular complexity index is 348. The molecule has 1 rings (SSSR count). The van der Waals surface area contributed by atoms with E-state index in [1.165, 1.54) is 6.92 Å². The van der Waals surface area contributed by atoms with Crippen LogP contribution in [0.4, 0.5) is 19.0 Å². The number of hydrazine groups is 1. The van der Waals surface area contributed by atoms with Gasteiger partial charge in [-0.2, -0.15) is 13.2 Å². The lowest BCUT2D eigenvalue weighted by molar-refractivity contribution is -0.145. The van der Waals surface area contributed by atoms with Gasteiger partial charge in [-0.3, -0.25) is 0 Å². The van der Waals surface area contributed by atoms with Gasteiger partial charge in [-0.1, -0.05) is 0 Å². The number of hydrogen-bond acceptors (Lipinski definition) is 4. The minimum atomic E-state index is -4.55. The van der Waals surface area contributed by atoms with Crippen LogP contribution in [-0.2, 0) is 6.18 Å². The first-order valence-electron chi connectivity index (χ1n) is 3.75. The molecular weight excluding hydrogens is 197 g/mol. The highest BCUT2D eigenvalue weighted by atomic mass is 19.4. The number of nitrogens with zero attached hydrogens (tertiary/aromatic N) is 2. The Kier molecular flexibility index (Phi) is 2.61. The van der Waals surface area contributed by atoms with Gasteiger partial charge in [0.05, 0.1) is 0 Å². The van der Waals surface area contributed by atoms with Crippen molar-refractivity contribution in [3.63, 3.8) is 0 Å². The second-order valence-electron chi connectivity index (χ2n) is 2.75. The molecular formula is C7H9F3N4. The smallest absolute Gasteiger partial charge is 0.308 e. The van der Waals surface area contributed by atoms with E-state index in [2.05, 4.69) is 15.4 Å². The van der Waals surface area contributed by atoms with Gasteiger partial charge in [-0.15, -0.1) is 0 Å². The summed E-state index contributed by atoms with van der Waals surface area (Å²) in [5, 5.41) is 0. The summed E-state index contributed by atoms with van der Waals surface area (Å²) in [5.74, 6) is 3.83. The molecule has 0 aromatic carbocycles. The number of aromatic nitrogens is 2. The lowest BCUT2D eigenvalue weighted by Gasteiger charge is -2.10. The number of nitrogens with two attached hydrogens (primary N) is 1. The molecule has 0 unspecified atom stereocenters. The highest BCUT2D eigenvalue weighted by Gasteiger charge is 2.35. The van der Waals surface area contributed by atoms with Crippen LogP contribution in [0.1, 0.15) is 17.1 Å². The normalized spacial score (nSPS) is 11.6. The SMILES string of the molecule is Cc1nc(C(F)(F)F)nc(NN)c1C. The van der Waals surface area contributed by atoms with Gasteiger partial charge in [0.15, 0.2) is 0 Å². The minimum Gasteiger partial charge on any atom is -0.308 e. The molecule has 78 valence electrons. The fraction of sp³-hybridized carbons (Fsp3) is 0.429. The van der Waals surface area contributed by atoms with Crippen molar-refractivity contribution in [3.8, 4) is 0 Å². The molecule has 4 nitrogen and oxygen atoms in total.